The molecule has 0 heterocycles. The summed E-state index contributed by atoms with van der Waals surface area (Å²) >= 11 is 0. The van der Waals surface area contributed by atoms with Crippen molar-refractivity contribution >= 4 is 27.6 Å². The van der Waals surface area contributed by atoms with Gasteiger partial charge in [0.2, 0.25) is 15.9 Å². The molecule has 0 aromatic heterocycles. The normalized spacial score (nSPS) is 16.5. The van der Waals surface area contributed by atoms with E-state index in [9.17, 15) is 40.3 Å². The van der Waals surface area contributed by atoms with Gasteiger partial charge in [0.05, 0.1) is 29.5 Å². The van der Waals surface area contributed by atoms with Crippen LogP contribution in [-0.4, -0.2) is 41.9 Å². The number of nitrogens with zero attached hydrogens (tertiary/aromatic N) is 2. The Morgan fingerprint density at radius 3 is 1.93 bits per heavy atom. The molecule has 7 rings (SSSR count). The van der Waals surface area contributed by atoms with Gasteiger partial charge in [0.15, 0.2) is 28.2 Å². The Bertz CT molecular complexity index is 2320. The molecule has 3 saturated carbocycles. The highest BCUT2D eigenvalue weighted by molar-refractivity contribution is 7.89. The molecule has 0 radical (unpaired) electrons. The van der Waals surface area contributed by atoms with Gasteiger partial charge in [-0.25, -0.2) is 30.8 Å². The van der Waals surface area contributed by atoms with Crippen molar-refractivity contribution in [2.75, 3.05) is 4.90 Å². The van der Waals surface area contributed by atoms with Crippen molar-refractivity contribution in [2.45, 2.75) is 101 Å². The van der Waals surface area contributed by atoms with E-state index in [-0.39, 0.29) is 45.8 Å². The van der Waals surface area contributed by atoms with Crippen LogP contribution in [0.2, 0.25) is 0 Å². The molecule has 1 atom stereocenters. The minimum Gasteiger partial charge on any atom is -0.488 e. The van der Waals surface area contributed by atoms with Crippen molar-refractivity contribution in [1.82, 2.24) is 4.31 Å². The number of carbonyl (C=O) groups excluding carboxylic acids is 1. The molecule has 57 heavy (non-hydrogen) atoms. The monoisotopic (exact) mass is 818 g/mol. The number of rotatable bonds is 14. The van der Waals surface area contributed by atoms with E-state index in [0.717, 1.165) is 66.8 Å². The van der Waals surface area contributed by atoms with Crippen LogP contribution >= 0.6 is 0 Å². The van der Waals surface area contributed by atoms with Crippen LogP contribution in [0.1, 0.15) is 101 Å². The largest absolute Gasteiger partial charge is 0.488 e. The number of benzene rings is 4. The Hall–Kier alpha value is -4.96. The molecule has 3 fully saturated rings. The number of ether oxygens (including phenoxy) is 1. The third kappa shape index (κ3) is 8.24. The molecule has 0 aliphatic heterocycles. The average molecular weight is 819 g/mol. The van der Waals surface area contributed by atoms with Crippen LogP contribution in [0, 0.1) is 30.2 Å². The summed E-state index contributed by atoms with van der Waals surface area (Å²) in [5, 5.41) is 9.79. The molecular formula is C41H37F7N2O6S. The van der Waals surface area contributed by atoms with Gasteiger partial charge in [0.1, 0.15) is 11.8 Å². The predicted octanol–water partition coefficient (Wildman–Crippen LogP) is 9.38. The van der Waals surface area contributed by atoms with Crippen LogP contribution in [0.15, 0.2) is 65.6 Å². The lowest BCUT2D eigenvalue weighted by molar-refractivity contribution is -0.138. The number of alkyl halides is 3. The molecule has 8 nitrogen and oxygen atoms in total. The summed E-state index contributed by atoms with van der Waals surface area (Å²) in [4.78, 5) is 26.0. The van der Waals surface area contributed by atoms with Crippen molar-refractivity contribution in [2.24, 2.45) is 0 Å². The minimum absolute atomic E-state index is 0.0219. The van der Waals surface area contributed by atoms with Crippen molar-refractivity contribution < 1.29 is 58.6 Å². The molecule has 3 aliphatic rings. The zero-order valence-electron chi connectivity index (χ0n) is 30.7. The SMILES string of the molecule is Cc1c(F)c(F)c(S(=O)(=O)N(Cc2ccccc2C(F)(F)F)[C@@H](C)C(=O)N(Cc2cc(C3CC3)cc(C3CC3)c2)c2ccc(C(=O)O)cc2OC2CC2)c(F)c1F. The Labute approximate surface area is 323 Å². The Kier molecular flexibility index (Phi) is 10.7. The van der Waals surface area contributed by atoms with Gasteiger partial charge in [-0.3, -0.25) is 4.79 Å². The van der Waals surface area contributed by atoms with Gasteiger partial charge in [-0.05, 0) is 111 Å². The van der Waals surface area contributed by atoms with Crippen LogP contribution in [0.5, 0.6) is 5.75 Å². The Morgan fingerprint density at radius 1 is 0.825 bits per heavy atom. The fourth-order valence-electron chi connectivity index (χ4n) is 6.88. The molecule has 0 saturated heterocycles. The van der Waals surface area contributed by atoms with Crippen LogP contribution in [0.25, 0.3) is 0 Å². The molecule has 16 heteroatoms. The second kappa shape index (κ2) is 15.1. The number of aromatic carboxylic acids is 1. The summed E-state index contributed by atoms with van der Waals surface area (Å²) in [7, 11) is -5.89. The third-order valence-corrected chi connectivity index (χ3v) is 12.4. The molecule has 4 aromatic carbocycles. The lowest BCUT2D eigenvalue weighted by Gasteiger charge is -2.34. The van der Waals surface area contributed by atoms with E-state index in [4.69, 9.17) is 4.74 Å². The number of carbonyl (C=O) groups is 2. The number of halogens is 7. The van der Waals surface area contributed by atoms with E-state index in [1.807, 2.05) is 12.1 Å². The summed E-state index contributed by atoms with van der Waals surface area (Å²) in [6.45, 7) is 0.0447. The van der Waals surface area contributed by atoms with Crippen LogP contribution in [-0.2, 0) is 34.1 Å². The summed E-state index contributed by atoms with van der Waals surface area (Å²) in [6, 6.07) is 11.1. The fourth-order valence-corrected chi connectivity index (χ4v) is 8.56. The summed E-state index contributed by atoms with van der Waals surface area (Å²) in [5.41, 5.74) is -0.837. The first-order valence-electron chi connectivity index (χ1n) is 18.3. The van der Waals surface area contributed by atoms with Crippen LogP contribution in [0.4, 0.5) is 36.4 Å². The summed E-state index contributed by atoms with van der Waals surface area (Å²) in [5.74, 6) is -10.7. The molecule has 3 aliphatic carbocycles. The molecule has 1 N–H and O–H groups in total. The highest BCUT2D eigenvalue weighted by Gasteiger charge is 2.44. The average Bonchev–Trinajstić information content (AvgIpc) is 3.99. The number of sulfonamides is 1. The molecular weight excluding hydrogens is 782 g/mol. The van der Waals surface area contributed by atoms with Crippen molar-refractivity contribution in [3.8, 4) is 5.75 Å². The van der Waals surface area contributed by atoms with Crippen LogP contribution < -0.4 is 9.64 Å². The second-order valence-corrected chi connectivity index (χ2v) is 16.7. The first-order chi connectivity index (χ1) is 26.9. The van der Waals surface area contributed by atoms with Crippen LogP contribution in [0.3, 0.4) is 0 Å². The van der Waals surface area contributed by atoms with Gasteiger partial charge in [0.25, 0.3) is 0 Å². The second-order valence-electron chi connectivity index (χ2n) is 14.9. The van der Waals surface area contributed by atoms with E-state index in [2.05, 4.69) is 6.07 Å². The number of amides is 1. The number of hydrogen-bond acceptors (Lipinski definition) is 5. The maximum absolute atomic E-state index is 15.5. The van der Waals surface area contributed by atoms with Gasteiger partial charge in [-0.15, -0.1) is 0 Å². The third-order valence-electron chi connectivity index (χ3n) is 10.5. The highest BCUT2D eigenvalue weighted by Crippen LogP contribution is 2.46. The topological polar surface area (TPSA) is 104 Å². The van der Waals surface area contributed by atoms with Gasteiger partial charge in [-0.2, -0.15) is 17.5 Å². The van der Waals surface area contributed by atoms with E-state index in [1.54, 1.807) is 0 Å². The van der Waals surface area contributed by atoms with Crippen molar-refractivity contribution in [1.29, 1.82) is 0 Å². The number of hydrogen-bond donors (Lipinski definition) is 1. The van der Waals surface area contributed by atoms with E-state index >= 15 is 13.6 Å². The number of anilines is 1. The van der Waals surface area contributed by atoms with Gasteiger partial charge in [0, 0.05) is 12.1 Å². The maximum Gasteiger partial charge on any atom is 0.416 e. The van der Waals surface area contributed by atoms with E-state index < -0.39 is 85.5 Å². The quantitative estimate of drug-likeness (QED) is 0.101. The first-order valence-corrected chi connectivity index (χ1v) is 19.8. The molecule has 0 spiro atoms. The molecule has 0 unspecified atom stereocenters. The molecule has 1 amide bonds. The summed E-state index contributed by atoms with van der Waals surface area (Å²) in [6.07, 6.45) is -0.384. The Morgan fingerprint density at radius 2 is 1.40 bits per heavy atom. The molecule has 0 bridgehead atoms. The standard InChI is InChI=1S/C41H37F7N2O6S/c1-21-34(42)36(44)38(37(45)35(21)43)57(54,55)50(20-27-5-3-4-6-31(27)41(46,47)48)22(2)39(51)49(32-14-11-26(40(52)53)18-33(32)56-30-12-13-30)19-23-15-28(24-7-8-24)17-29(16-23)25-9-10-25/h3-6,11,14-18,22,24-25,30H,7-10,12-13,19-20H2,1-2H3,(H,52,53)/t22-/m0/s1. The van der Waals surface area contributed by atoms with Crippen molar-refractivity contribution in [3.63, 3.8) is 0 Å². The van der Waals surface area contributed by atoms with E-state index in [0.29, 0.717) is 31.4 Å². The number of carboxylic acid groups (broad SMARTS) is 1. The zero-order chi connectivity index (χ0) is 41.1. The molecule has 302 valence electrons. The maximum atomic E-state index is 15.5. The van der Waals surface area contributed by atoms with E-state index in [1.165, 1.54) is 18.2 Å². The first kappa shape index (κ1) is 40.2. The van der Waals surface area contributed by atoms with Gasteiger partial charge in [-0.1, -0.05) is 36.4 Å². The number of carboxylic acids is 1. The predicted molar refractivity (Wildman–Crippen MR) is 193 cm³/mol. The fraction of sp³-hybridized carbons (Fsp3) is 0.366. The lowest BCUT2D eigenvalue weighted by atomic mass is 9.99. The smallest absolute Gasteiger partial charge is 0.416 e. The highest BCUT2D eigenvalue weighted by atomic mass is 32.2. The summed E-state index contributed by atoms with van der Waals surface area (Å²) < 4.78 is 139. The Balaban J connectivity index is 1.39. The van der Waals surface area contributed by atoms with Crippen molar-refractivity contribution in [3.05, 3.63) is 123 Å². The zero-order valence-corrected chi connectivity index (χ0v) is 31.5. The van der Waals surface area contributed by atoms with Gasteiger partial charge >= 0.3 is 12.1 Å². The lowest BCUT2D eigenvalue weighted by Crippen LogP contribution is -2.49. The van der Waals surface area contributed by atoms with Gasteiger partial charge < -0.3 is 14.7 Å². The molecule has 4 aromatic rings. The minimum atomic E-state index is -5.89.